The van der Waals surface area contributed by atoms with Crippen molar-refractivity contribution >= 4 is 17.8 Å². The van der Waals surface area contributed by atoms with Gasteiger partial charge in [-0.3, -0.25) is 0 Å². The second kappa shape index (κ2) is 10.4. The highest BCUT2D eigenvalue weighted by molar-refractivity contribution is 5.89. The first kappa shape index (κ1) is 21.3. The van der Waals surface area contributed by atoms with E-state index in [-0.39, 0.29) is 12.1 Å². The molecular weight excluding hydrogens is 386 g/mol. The number of urea groups is 1. The smallest absolute Gasteiger partial charge is 0.415 e. The number of rotatable bonds is 6. The molecule has 0 aliphatic carbocycles. The van der Waals surface area contributed by atoms with Crippen LogP contribution in [0.1, 0.15) is 12.8 Å². The van der Waals surface area contributed by atoms with E-state index in [0.717, 1.165) is 12.8 Å². The van der Waals surface area contributed by atoms with Crippen molar-refractivity contribution in [3.63, 3.8) is 0 Å². The Labute approximate surface area is 176 Å². The molecule has 3 rings (SSSR count). The maximum atomic E-state index is 12.2. The first-order chi connectivity index (χ1) is 14.6. The number of anilines is 1. The largest absolute Gasteiger partial charge is 0.493 e. The summed E-state index contributed by atoms with van der Waals surface area (Å²) in [6.45, 7) is 1.76. The third-order valence-electron chi connectivity index (χ3n) is 5.01. The standard InChI is InChI=1S/C22H27N3O5/c1-28-19-9-8-17(14-20(19)29-2)24-21(26)23-15-16-10-12-25(13-11-16)22(27)30-18-6-4-3-5-7-18/h3-9,14,16H,10-13,15H2,1-2H3,(H2,23,24,26). The first-order valence-corrected chi connectivity index (χ1v) is 9.87. The molecule has 3 amide bonds. The van der Waals surface area contributed by atoms with Crippen molar-refractivity contribution in [1.29, 1.82) is 0 Å². The molecule has 160 valence electrons. The number of benzene rings is 2. The average Bonchev–Trinajstić information content (AvgIpc) is 2.78. The normalized spacial score (nSPS) is 14.0. The molecule has 8 nitrogen and oxygen atoms in total. The number of ether oxygens (including phenoxy) is 3. The van der Waals surface area contributed by atoms with Crippen LogP contribution in [-0.4, -0.2) is 50.9 Å². The fourth-order valence-electron chi connectivity index (χ4n) is 3.30. The Kier molecular flexibility index (Phi) is 7.37. The van der Waals surface area contributed by atoms with Gasteiger partial charge in [-0.2, -0.15) is 0 Å². The van der Waals surface area contributed by atoms with Crippen LogP contribution >= 0.6 is 0 Å². The zero-order valence-corrected chi connectivity index (χ0v) is 17.2. The van der Waals surface area contributed by atoms with Gasteiger partial charge < -0.3 is 29.7 Å². The van der Waals surface area contributed by atoms with Crippen LogP contribution in [0.15, 0.2) is 48.5 Å². The van der Waals surface area contributed by atoms with Gasteiger partial charge in [0.2, 0.25) is 0 Å². The van der Waals surface area contributed by atoms with E-state index in [1.165, 1.54) is 0 Å². The average molecular weight is 413 g/mol. The van der Waals surface area contributed by atoms with Gasteiger partial charge in [0.15, 0.2) is 11.5 Å². The minimum Gasteiger partial charge on any atom is -0.493 e. The Balaban J connectivity index is 1.40. The molecule has 0 aromatic heterocycles. The van der Waals surface area contributed by atoms with Crippen molar-refractivity contribution in [2.24, 2.45) is 5.92 Å². The van der Waals surface area contributed by atoms with Gasteiger partial charge in [-0.05, 0) is 43.0 Å². The zero-order chi connectivity index (χ0) is 21.3. The van der Waals surface area contributed by atoms with Crippen LogP contribution in [-0.2, 0) is 0 Å². The number of para-hydroxylation sites is 1. The molecule has 1 heterocycles. The molecule has 1 aliphatic heterocycles. The lowest BCUT2D eigenvalue weighted by molar-refractivity contribution is 0.130. The van der Waals surface area contributed by atoms with Crippen LogP contribution in [0.5, 0.6) is 17.2 Å². The number of hydrogen-bond acceptors (Lipinski definition) is 5. The van der Waals surface area contributed by atoms with E-state index in [0.29, 0.717) is 48.5 Å². The second-order valence-electron chi connectivity index (χ2n) is 7.02. The summed E-state index contributed by atoms with van der Waals surface area (Å²) in [5.74, 6) is 1.99. The summed E-state index contributed by atoms with van der Waals surface area (Å²) in [5.41, 5.74) is 0.614. The molecule has 8 heteroatoms. The number of carbonyl (C=O) groups is 2. The molecular formula is C22H27N3O5. The van der Waals surface area contributed by atoms with Gasteiger partial charge in [-0.15, -0.1) is 0 Å². The Hall–Kier alpha value is -3.42. The summed E-state index contributed by atoms with van der Waals surface area (Å²) in [4.78, 5) is 26.2. The molecule has 0 bridgehead atoms. The maximum absolute atomic E-state index is 12.2. The molecule has 0 unspecified atom stereocenters. The maximum Gasteiger partial charge on any atom is 0.415 e. The molecule has 2 N–H and O–H groups in total. The number of amides is 3. The number of carbonyl (C=O) groups excluding carboxylic acids is 2. The molecule has 0 saturated carbocycles. The second-order valence-corrected chi connectivity index (χ2v) is 7.02. The number of likely N-dealkylation sites (tertiary alicyclic amines) is 1. The molecule has 1 saturated heterocycles. The Morgan fingerprint density at radius 3 is 2.37 bits per heavy atom. The van der Waals surface area contributed by atoms with Crippen molar-refractivity contribution < 1.29 is 23.8 Å². The Bertz CT molecular complexity index is 851. The van der Waals surface area contributed by atoms with Gasteiger partial charge in [-0.25, -0.2) is 9.59 Å². The van der Waals surface area contributed by atoms with Crippen molar-refractivity contribution in [2.45, 2.75) is 12.8 Å². The van der Waals surface area contributed by atoms with Crippen molar-refractivity contribution in [3.05, 3.63) is 48.5 Å². The molecule has 0 spiro atoms. The highest BCUT2D eigenvalue weighted by Gasteiger charge is 2.24. The van der Waals surface area contributed by atoms with E-state index in [2.05, 4.69) is 10.6 Å². The minimum atomic E-state index is -0.334. The lowest BCUT2D eigenvalue weighted by Gasteiger charge is -2.31. The highest BCUT2D eigenvalue weighted by Crippen LogP contribution is 2.29. The minimum absolute atomic E-state index is 0.284. The Morgan fingerprint density at radius 1 is 1.00 bits per heavy atom. The van der Waals surface area contributed by atoms with Gasteiger partial charge in [-0.1, -0.05) is 18.2 Å². The van der Waals surface area contributed by atoms with E-state index in [1.807, 2.05) is 18.2 Å². The summed E-state index contributed by atoms with van der Waals surface area (Å²) in [5, 5.41) is 5.69. The fraction of sp³-hybridized carbons (Fsp3) is 0.364. The number of hydrogen-bond donors (Lipinski definition) is 2. The predicted octanol–water partition coefficient (Wildman–Crippen LogP) is 3.74. The molecule has 30 heavy (non-hydrogen) atoms. The van der Waals surface area contributed by atoms with E-state index in [9.17, 15) is 9.59 Å². The van der Waals surface area contributed by atoms with Crippen LogP contribution in [0.3, 0.4) is 0 Å². The third kappa shape index (κ3) is 5.79. The summed E-state index contributed by atoms with van der Waals surface area (Å²) < 4.78 is 15.8. The van der Waals surface area contributed by atoms with Gasteiger partial charge in [0.1, 0.15) is 5.75 Å². The van der Waals surface area contributed by atoms with Gasteiger partial charge in [0, 0.05) is 31.4 Å². The highest BCUT2D eigenvalue weighted by atomic mass is 16.6. The van der Waals surface area contributed by atoms with Gasteiger partial charge >= 0.3 is 12.1 Å². The number of piperidine rings is 1. The van der Waals surface area contributed by atoms with E-state index in [4.69, 9.17) is 14.2 Å². The van der Waals surface area contributed by atoms with E-state index in [1.54, 1.807) is 49.5 Å². The van der Waals surface area contributed by atoms with Crippen molar-refractivity contribution in [1.82, 2.24) is 10.2 Å². The quantitative estimate of drug-likeness (QED) is 0.753. The van der Waals surface area contributed by atoms with Crippen LogP contribution < -0.4 is 24.8 Å². The fourth-order valence-corrected chi connectivity index (χ4v) is 3.30. The summed E-state index contributed by atoms with van der Waals surface area (Å²) >= 11 is 0. The summed E-state index contributed by atoms with van der Waals surface area (Å²) in [6, 6.07) is 13.9. The number of methoxy groups -OCH3 is 2. The van der Waals surface area contributed by atoms with E-state index < -0.39 is 0 Å². The van der Waals surface area contributed by atoms with Gasteiger partial charge in [0.25, 0.3) is 0 Å². The number of nitrogens with one attached hydrogen (secondary N) is 2. The predicted molar refractivity (Wildman–Crippen MR) is 113 cm³/mol. The lowest BCUT2D eigenvalue weighted by atomic mass is 9.97. The van der Waals surface area contributed by atoms with Gasteiger partial charge in [0.05, 0.1) is 14.2 Å². The molecule has 0 radical (unpaired) electrons. The monoisotopic (exact) mass is 413 g/mol. The zero-order valence-electron chi connectivity index (χ0n) is 17.2. The molecule has 1 fully saturated rings. The number of nitrogens with zero attached hydrogens (tertiary/aromatic N) is 1. The SMILES string of the molecule is COc1ccc(NC(=O)NCC2CCN(C(=O)Oc3ccccc3)CC2)cc1OC. The van der Waals surface area contributed by atoms with Crippen molar-refractivity contribution in [2.75, 3.05) is 39.2 Å². The summed E-state index contributed by atoms with van der Waals surface area (Å²) in [6.07, 6.45) is 1.28. The van der Waals surface area contributed by atoms with Crippen LogP contribution in [0, 0.1) is 5.92 Å². The van der Waals surface area contributed by atoms with E-state index >= 15 is 0 Å². The lowest BCUT2D eigenvalue weighted by Crippen LogP contribution is -2.43. The Morgan fingerprint density at radius 2 is 1.70 bits per heavy atom. The van der Waals surface area contributed by atoms with Crippen LogP contribution in [0.4, 0.5) is 15.3 Å². The summed E-state index contributed by atoms with van der Waals surface area (Å²) in [7, 11) is 3.11. The molecule has 2 aromatic rings. The third-order valence-corrected chi connectivity index (χ3v) is 5.01. The first-order valence-electron chi connectivity index (χ1n) is 9.87. The van der Waals surface area contributed by atoms with Crippen molar-refractivity contribution in [3.8, 4) is 17.2 Å². The molecule has 0 atom stereocenters. The topological polar surface area (TPSA) is 89.1 Å². The van der Waals surface area contributed by atoms with Crippen LogP contribution in [0.25, 0.3) is 0 Å². The van der Waals surface area contributed by atoms with Crippen LogP contribution in [0.2, 0.25) is 0 Å². The molecule has 2 aromatic carbocycles. The molecule has 1 aliphatic rings.